The molecule has 2 aliphatic rings. The summed E-state index contributed by atoms with van der Waals surface area (Å²) in [5.74, 6) is 0.918. The molecule has 1 aromatic heterocycles. The quantitative estimate of drug-likeness (QED) is 0.439. The minimum Gasteiger partial charge on any atom is -0.493 e. The van der Waals surface area contributed by atoms with Crippen molar-refractivity contribution in [3.63, 3.8) is 0 Å². The van der Waals surface area contributed by atoms with Crippen LogP contribution in [-0.2, 0) is 0 Å². The Hall–Kier alpha value is -3.65. The standard InChI is InChI=1S/C24H24FN5O2/c25-20-10-5-16(21-11-12-22-23(27-21)29-30-28-22)13-19(20)24(31)26-17-6-8-18(9-7-17)32-14-15-3-1-2-4-15/h5-13,15,28,30H,1-4,14H2,(H,26,31)(H,27,29). The molecule has 1 amide bonds. The number of pyridine rings is 1. The lowest BCUT2D eigenvalue weighted by molar-refractivity contribution is 0.102. The van der Waals surface area contributed by atoms with Gasteiger partial charge in [-0.05, 0) is 73.4 Å². The van der Waals surface area contributed by atoms with E-state index in [1.165, 1.54) is 37.8 Å². The minimum atomic E-state index is -0.592. The third-order valence-electron chi connectivity index (χ3n) is 5.85. The van der Waals surface area contributed by atoms with E-state index in [1.54, 1.807) is 24.3 Å². The molecular weight excluding hydrogens is 409 g/mol. The van der Waals surface area contributed by atoms with Crippen LogP contribution in [0.15, 0.2) is 54.6 Å². The second-order valence-electron chi connectivity index (χ2n) is 8.10. The number of hydrazine groups is 2. The molecule has 4 N–H and O–H groups in total. The van der Waals surface area contributed by atoms with Crippen LogP contribution in [0.4, 0.5) is 21.6 Å². The maximum absolute atomic E-state index is 14.4. The molecule has 7 nitrogen and oxygen atoms in total. The number of benzene rings is 2. The van der Waals surface area contributed by atoms with Crippen LogP contribution in [0.25, 0.3) is 11.3 Å². The smallest absolute Gasteiger partial charge is 0.258 e. The van der Waals surface area contributed by atoms with Crippen LogP contribution in [0, 0.1) is 11.7 Å². The number of carbonyl (C=O) groups is 1. The van der Waals surface area contributed by atoms with Crippen LogP contribution in [-0.4, -0.2) is 17.5 Å². The fraction of sp³-hybridized carbons (Fsp3) is 0.250. The number of anilines is 3. The molecule has 1 aliphatic carbocycles. The van der Waals surface area contributed by atoms with Crippen LogP contribution < -0.4 is 26.4 Å². The first-order valence-corrected chi connectivity index (χ1v) is 10.8. The third kappa shape index (κ3) is 4.36. The van der Waals surface area contributed by atoms with Gasteiger partial charge in [0.1, 0.15) is 11.6 Å². The molecule has 32 heavy (non-hydrogen) atoms. The lowest BCUT2D eigenvalue weighted by Gasteiger charge is -2.12. The summed E-state index contributed by atoms with van der Waals surface area (Å²) in [5.41, 5.74) is 11.2. The molecule has 1 saturated carbocycles. The first kappa shape index (κ1) is 20.3. The maximum Gasteiger partial charge on any atom is 0.258 e. The fourth-order valence-electron chi connectivity index (χ4n) is 4.06. The lowest BCUT2D eigenvalue weighted by Crippen LogP contribution is -2.19. The third-order valence-corrected chi connectivity index (χ3v) is 5.85. The van der Waals surface area contributed by atoms with Gasteiger partial charge in [-0.15, -0.1) is 5.53 Å². The molecule has 0 bridgehead atoms. The SMILES string of the molecule is O=C(Nc1ccc(OCC2CCCC2)cc1)c1cc(-c2ccc3c(n2)NNN3)ccc1F. The zero-order valence-electron chi connectivity index (χ0n) is 17.5. The highest BCUT2D eigenvalue weighted by Crippen LogP contribution is 2.29. The number of halogens is 1. The van der Waals surface area contributed by atoms with Gasteiger partial charge in [0.05, 0.1) is 23.6 Å². The molecule has 1 aliphatic heterocycles. The molecule has 5 rings (SSSR count). The Labute approximate surface area is 185 Å². The van der Waals surface area contributed by atoms with Gasteiger partial charge < -0.3 is 15.5 Å². The normalized spacial score (nSPS) is 15.0. The summed E-state index contributed by atoms with van der Waals surface area (Å²) in [6.07, 6.45) is 5.02. The largest absolute Gasteiger partial charge is 0.493 e. The Morgan fingerprint density at radius 1 is 1.06 bits per heavy atom. The van der Waals surface area contributed by atoms with Crippen molar-refractivity contribution < 1.29 is 13.9 Å². The van der Waals surface area contributed by atoms with Crippen molar-refractivity contribution in [1.82, 2.24) is 10.5 Å². The van der Waals surface area contributed by atoms with E-state index in [9.17, 15) is 9.18 Å². The number of aromatic nitrogens is 1. The van der Waals surface area contributed by atoms with Crippen LogP contribution in [0.3, 0.4) is 0 Å². The van der Waals surface area contributed by atoms with Crippen LogP contribution in [0.2, 0.25) is 0 Å². The van der Waals surface area contributed by atoms with Crippen molar-refractivity contribution in [1.29, 1.82) is 0 Å². The van der Waals surface area contributed by atoms with E-state index in [4.69, 9.17) is 4.74 Å². The molecule has 1 fully saturated rings. The number of hydrogen-bond donors (Lipinski definition) is 4. The van der Waals surface area contributed by atoms with Crippen molar-refractivity contribution in [3.05, 3.63) is 66.0 Å². The number of nitrogens with zero attached hydrogens (tertiary/aromatic N) is 1. The van der Waals surface area contributed by atoms with Gasteiger partial charge in [0.15, 0.2) is 5.82 Å². The lowest BCUT2D eigenvalue weighted by atomic mass is 10.1. The highest BCUT2D eigenvalue weighted by molar-refractivity contribution is 6.05. The minimum absolute atomic E-state index is 0.0458. The average molecular weight is 433 g/mol. The Kier molecular flexibility index (Phi) is 5.60. The van der Waals surface area contributed by atoms with E-state index >= 15 is 0 Å². The highest BCUT2D eigenvalue weighted by Gasteiger charge is 2.17. The number of rotatable bonds is 6. The predicted molar refractivity (Wildman–Crippen MR) is 122 cm³/mol. The van der Waals surface area contributed by atoms with Crippen molar-refractivity contribution in [3.8, 4) is 17.0 Å². The Balaban J connectivity index is 1.27. The summed E-state index contributed by atoms with van der Waals surface area (Å²) in [6.45, 7) is 0.724. The summed E-state index contributed by atoms with van der Waals surface area (Å²) in [7, 11) is 0. The summed E-state index contributed by atoms with van der Waals surface area (Å²) in [5, 5.41) is 2.76. The summed E-state index contributed by atoms with van der Waals surface area (Å²) in [6, 6.07) is 15.2. The maximum atomic E-state index is 14.4. The molecule has 2 aromatic carbocycles. The molecule has 0 unspecified atom stereocenters. The molecular formula is C24H24FN5O2. The van der Waals surface area contributed by atoms with E-state index in [0.717, 1.165) is 18.0 Å². The van der Waals surface area contributed by atoms with Crippen molar-refractivity contribution in [2.24, 2.45) is 5.92 Å². The molecule has 3 aromatic rings. The van der Waals surface area contributed by atoms with Gasteiger partial charge in [-0.1, -0.05) is 12.8 Å². The zero-order valence-corrected chi connectivity index (χ0v) is 17.5. The average Bonchev–Trinajstić information content (AvgIpc) is 3.50. The van der Waals surface area contributed by atoms with Crippen LogP contribution in [0.1, 0.15) is 36.0 Å². The molecule has 0 atom stereocenters. The Morgan fingerprint density at radius 2 is 1.88 bits per heavy atom. The van der Waals surface area contributed by atoms with Gasteiger partial charge in [0.25, 0.3) is 5.91 Å². The predicted octanol–water partition coefficient (Wildman–Crippen LogP) is 4.97. The molecule has 0 spiro atoms. The first-order chi connectivity index (χ1) is 15.7. The first-order valence-electron chi connectivity index (χ1n) is 10.8. The van der Waals surface area contributed by atoms with Crippen molar-refractivity contribution in [2.75, 3.05) is 22.8 Å². The van der Waals surface area contributed by atoms with E-state index in [0.29, 0.717) is 28.7 Å². The Morgan fingerprint density at radius 3 is 2.69 bits per heavy atom. The number of ether oxygens (including phenoxy) is 1. The molecule has 8 heteroatoms. The van der Waals surface area contributed by atoms with E-state index in [2.05, 4.69) is 26.7 Å². The van der Waals surface area contributed by atoms with Gasteiger partial charge in [-0.3, -0.25) is 10.2 Å². The van der Waals surface area contributed by atoms with Crippen molar-refractivity contribution >= 4 is 23.1 Å². The molecule has 0 radical (unpaired) electrons. The fourth-order valence-corrected chi connectivity index (χ4v) is 4.06. The van der Waals surface area contributed by atoms with Crippen molar-refractivity contribution in [2.45, 2.75) is 25.7 Å². The second-order valence-corrected chi connectivity index (χ2v) is 8.10. The number of hydrogen-bond acceptors (Lipinski definition) is 6. The Bertz CT molecular complexity index is 1130. The van der Waals surface area contributed by atoms with Crippen LogP contribution >= 0.6 is 0 Å². The number of nitrogens with one attached hydrogen (secondary N) is 4. The second kappa shape index (κ2) is 8.84. The van der Waals surface area contributed by atoms with Gasteiger partial charge in [0.2, 0.25) is 0 Å². The van der Waals surface area contributed by atoms with E-state index in [-0.39, 0.29) is 5.56 Å². The number of carbonyl (C=O) groups excluding carboxylic acids is 1. The van der Waals surface area contributed by atoms with E-state index in [1.807, 2.05) is 18.2 Å². The summed E-state index contributed by atoms with van der Waals surface area (Å²) in [4.78, 5) is 17.2. The topological polar surface area (TPSA) is 87.3 Å². The van der Waals surface area contributed by atoms with Gasteiger partial charge >= 0.3 is 0 Å². The van der Waals surface area contributed by atoms with Crippen LogP contribution in [0.5, 0.6) is 5.75 Å². The number of fused-ring (bicyclic) bond motifs is 1. The van der Waals surface area contributed by atoms with Gasteiger partial charge in [0, 0.05) is 11.3 Å². The summed E-state index contributed by atoms with van der Waals surface area (Å²) >= 11 is 0. The zero-order chi connectivity index (χ0) is 21.9. The molecule has 2 heterocycles. The molecule has 164 valence electrons. The van der Waals surface area contributed by atoms with Gasteiger partial charge in [-0.25, -0.2) is 9.37 Å². The molecule has 0 saturated heterocycles. The van der Waals surface area contributed by atoms with E-state index < -0.39 is 11.7 Å². The number of amides is 1. The summed E-state index contributed by atoms with van der Waals surface area (Å²) < 4.78 is 20.3. The monoisotopic (exact) mass is 433 g/mol. The highest BCUT2D eigenvalue weighted by atomic mass is 19.1. The van der Waals surface area contributed by atoms with Gasteiger partial charge in [-0.2, -0.15) is 0 Å².